The molecule has 0 amide bonds. The minimum Gasteiger partial charge on any atom is -0.496 e. The van der Waals surface area contributed by atoms with Crippen molar-refractivity contribution in [3.8, 4) is 11.5 Å². The van der Waals surface area contributed by atoms with E-state index in [1.807, 2.05) is 0 Å². The summed E-state index contributed by atoms with van der Waals surface area (Å²) < 4.78 is 20.8. The molecule has 1 aliphatic rings. The van der Waals surface area contributed by atoms with Gasteiger partial charge in [-0.1, -0.05) is 23.3 Å². The van der Waals surface area contributed by atoms with E-state index in [2.05, 4.69) is 0 Å². The van der Waals surface area contributed by atoms with E-state index in [0.717, 1.165) is 5.57 Å². The van der Waals surface area contributed by atoms with Gasteiger partial charge in [-0.25, -0.2) is 9.59 Å². The predicted molar refractivity (Wildman–Crippen MR) is 104 cm³/mol. The Bertz CT molecular complexity index is 857. The summed E-state index contributed by atoms with van der Waals surface area (Å²) in [5, 5.41) is 8.84. The van der Waals surface area contributed by atoms with Crippen LogP contribution in [0.4, 0.5) is 4.79 Å². The first-order chi connectivity index (χ1) is 13.6. The van der Waals surface area contributed by atoms with Crippen molar-refractivity contribution in [3.05, 3.63) is 33.9 Å². The topological polar surface area (TPSA) is 108 Å². The third-order valence-electron chi connectivity index (χ3n) is 4.46. The number of cyclic esters (lactones) is 1. The van der Waals surface area contributed by atoms with Crippen molar-refractivity contribution >= 4 is 29.7 Å². The van der Waals surface area contributed by atoms with Crippen LogP contribution in [0.1, 0.15) is 53.7 Å². The van der Waals surface area contributed by atoms with Crippen LogP contribution in [0.5, 0.6) is 11.5 Å². The monoisotopic (exact) mass is 426 g/mol. The Morgan fingerprint density at radius 2 is 2.00 bits per heavy atom. The van der Waals surface area contributed by atoms with Crippen LogP contribution in [0.3, 0.4) is 0 Å². The molecule has 1 N–H and O–H groups in total. The molecule has 1 atom stereocenters. The second kappa shape index (κ2) is 9.65. The Kier molecular flexibility index (Phi) is 7.50. The molecular weight excluding hydrogens is 404 g/mol. The summed E-state index contributed by atoms with van der Waals surface area (Å²) in [6.45, 7) is 5.08. The molecule has 1 unspecified atom stereocenters. The van der Waals surface area contributed by atoms with Crippen molar-refractivity contribution in [1.82, 2.24) is 0 Å². The third kappa shape index (κ3) is 5.41. The van der Waals surface area contributed by atoms with E-state index in [9.17, 15) is 14.4 Å². The largest absolute Gasteiger partial charge is 0.515 e. The molecule has 1 heterocycles. The number of allylic oxidation sites excluding steroid dienone is 2. The number of carboxylic acids is 1. The Labute approximate surface area is 173 Å². The summed E-state index contributed by atoms with van der Waals surface area (Å²) in [5.41, 5.74) is 1.79. The fourth-order valence-electron chi connectivity index (χ4n) is 3.04. The number of carbonyl (C=O) groups is 3. The average molecular weight is 427 g/mol. The summed E-state index contributed by atoms with van der Waals surface area (Å²) in [4.78, 5) is 35.2. The van der Waals surface area contributed by atoms with Gasteiger partial charge in [-0.05, 0) is 39.2 Å². The molecule has 0 saturated carbocycles. The molecule has 0 aliphatic carbocycles. The second-order valence-electron chi connectivity index (χ2n) is 6.56. The first-order valence-corrected chi connectivity index (χ1v) is 9.38. The van der Waals surface area contributed by atoms with Gasteiger partial charge in [0.05, 0.1) is 7.11 Å². The number of aliphatic carboxylic acids is 1. The number of halogens is 1. The number of methoxy groups -OCH3 is 1. The maximum atomic E-state index is 12.3. The van der Waals surface area contributed by atoms with Crippen LogP contribution in [-0.4, -0.2) is 35.9 Å². The van der Waals surface area contributed by atoms with E-state index in [0.29, 0.717) is 28.9 Å². The summed E-state index contributed by atoms with van der Waals surface area (Å²) >= 11 is 5.67. The van der Waals surface area contributed by atoms with Gasteiger partial charge in [-0.2, -0.15) is 0 Å². The Morgan fingerprint density at radius 3 is 2.59 bits per heavy atom. The van der Waals surface area contributed by atoms with E-state index < -0.39 is 23.7 Å². The molecule has 0 aromatic heterocycles. The summed E-state index contributed by atoms with van der Waals surface area (Å²) in [5.74, 6) is -1.06. The van der Waals surface area contributed by atoms with Crippen molar-refractivity contribution in [2.75, 3.05) is 7.11 Å². The molecule has 1 aliphatic heterocycles. The van der Waals surface area contributed by atoms with Crippen LogP contribution in [-0.2, 0) is 27.3 Å². The van der Waals surface area contributed by atoms with E-state index in [4.69, 9.17) is 35.7 Å². The minimum atomic E-state index is -1.06. The molecular formula is C20H23ClO8. The number of benzene rings is 1. The van der Waals surface area contributed by atoms with E-state index in [1.165, 1.54) is 14.0 Å². The number of hydrogen-bond acceptors (Lipinski definition) is 7. The van der Waals surface area contributed by atoms with E-state index >= 15 is 0 Å². The number of esters is 1. The molecule has 0 radical (unpaired) electrons. The van der Waals surface area contributed by atoms with Crippen molar-refractivity contribution in [1.29, 1.82) is 0 Å². The second-order valence-corrected chi connectivity index (χ2v) is 7.17. The highest BCUT2D eigenvalue weighted by molar-refractivity contribution is 6.19. The number of carbonyl (C=O) groups excluding carboxylic acids is 2. The standard InChI is InChI=1S/C20H23ClO8/c1-10(6-8-15(22)23)5-7-13-17(26-4)11(2)14-9-27-19(24)16(14)18(13)29-20(25)28-12(3)21/h5,12H,6-9H2,1-4H3,(H,22,23)/b10-5+. The number of carboxylic acid groups (broad SMARTS) is 1. The normalized spacial score (nSPS) is 14.1. The van der Waals surface area contributed by atoms with Crippen molar-refractivity contribution in [2.45, 2.75) is 52.2 Å². The predicted octanol–water partition coefficient (Wildman–Crippen LogP) is 4.13. The van der Waals surface area contributed by atoms with Gasteiger partial charge >= 0.3 is 18.1 Å². The minimum absolute atomic E-state index is 0.00168. The first-order valence-electron chi connectivity index (χ1n) is 8.95. The molecule has 0 saturated heterocycles. The number of fused-ring (bicyclic) bond motifs is 1. The van der Waals surface area contributed by atoms with Crippen LogP contribution in [0.2, 0.25) is 0 Å². The summed E-state index contributed by atoms with van der Waals surface area (Å²) in [6.07, 6.45) is 1.35. The van der Waals surface area contributed by atoms with Crippen molar-refractivity contribution in [3.63, 3.8) is 0 Å². The molecule has 2 rings (SSSR count). The van der Waals surface area contributed by atoms with E-state index in [-0.39, 0.29) is 30.8 Å². The SMILES string of the molecule is COc1c(C)c2c(c(OC(=O)OC(C)Cl)c1C/C=C(\C)CCC(=O)O)C(=O)OC2. The van der Waals surface area contributed by atoms with Crippen LogP contribution >= 0.6 is 11.6 Å². The van der Waals surface area contributed by atoms with Gasteiger partial charge in [0, 0.05) is 17.5 Å². The maximum Gasteiger partial charge on any atom is 0.515 e. The molecule has 8 nitrogen and oxygen atoms in total. The number of rotatable bonds is 8. The number of hydrogen-bond donors (Lipinski definition) is 1. The van der Waals surface area contributed by atoms with Crippen LogP contribution < -0.4 is 9.47 Å². The third-order valence-corrected chi connectivity index (χ3v) is 4.55. The smallest absolute Gasteiger partial charge is 0.496 e. The van der Waals surface area contributed by atoms with Crippen LogP contribution in [0, 0.1) is 6.92 Å². The molecule has 1 aromatic carbocycles. The van der Waals surface area contributed by atoms with Gasteiger partial charge in [0.1, 0.15) is 17.9 Å². The molecule has 0 fully saturated rings. The van der Waals surface area contributed by atoms with Crippen LogP contribution in [0.25, 0.3) is 0 Å². The highest BCUT2D eigenvalue weighted by Gasteiger charge is 2.34. The highest BCUT2D eigenvalue weighted by Crippen LogP contribution is 2.43. The van der Waals surface area contributed by atoms with Gasteiger partial charge in [0.15, 0.2) is 11.3 Å². The van der Waals surface area contributed by atoms with Crippen molar-refractivity contribution in [2.24, 2.45) is 0 Å². The van der Waals surface area contributed by atoms with E-state index in [1.54, 1.807) is 19.9 Å². The zero-order valence-corrected chi connectivity index (χ0v) is 17.4. The zero-order valence-electron chi connectivity index (χ0n) is 16.7. The van der Waals surface area contributed by atoms with Gasteiger partial charge in [-0.15, -0.1) is 0 Å². The maximum absolute atomic E-state index is 12.3. The fraction of sp³-hybridized carbons (Fsp3) is 0.450. The lowest BCUT2D eigenvalue weighted by Crippen LogP contribution is -2.17. The van der Waals surface area contributed by atoms with Gasteiger partial charge < -0.3 is 24.1 Å². The molecule has 9 heteroatoms. The number of alkyl halides is 1. The Morgan fingerprint density at radius 1 is 1.31 bits per heavy atom. The lowest BCUT2D eigenvalue weighted by atomic mass is 9.94. The van der Waals surface area contributed by atoms with Gasteiger partial charge in [0.2, 0.25) is 0 Å². The average Bonchev–Trinajstić information content (AvgIpc) is 3.02. The Balaban J connectivity index is 2.51. The lowest BCUT2D eigenvalue weighted by Gasteiger charge is -2.18. The molecule has 1 aromatic rings. The lowest BCUT2D eigenvalue weighted by molar-refractivity contribution is -0.136. The summed E-state index contributed by atoms with van der Waals surface area (Å²) in [6, 6.07) is 0. The summed E-state index contributed by atoms with van der Waals surface area (Å²) in [7, 11) is 1.47. The van der Waals surface area contributed by atoms with Gasteiger partial charge in [0.25, 0.3) is 0 Å². The van der Waals surface area contributed by atoms with Gasteiger partial charge in [-0.3, -0.25) is 4.79 Å². The Hall–Kier alpha value is -2.74. The first kappa shape index (κ1) is 22.5. The molecule has 158 valence electrons. The molecule has 0 spiro atoms. The zero-order chi connectivity index (χ0) is 21.7. The molecule has 29 heavy (non-hydrogen) atoms. The fourth-order valence-corrected chi connectivity index (χ4v) is 3.12. The highest BCUT2D eigenvalue weighted by atomic mass is 35.5. The van der Waals surface area contributed by atoms with Crippen LogP contribution in [0.15, 0.2) is 11.6 Å². The number of ether oxygens (including phenoxy) is 4. The quantitative estimate of drug-likeness (QED) is 0.286. The molecule has 0 bridgehead atoms. The van der Waals surface area contributed by atoms with Crippen molar-refractivity contribution < 1.29 is 38.4 Å².